The molecule has 0 saturated carbocycles. The lowest BCUT2D eigenvalue weighted by Gasteiger charge is -2.09. The molecule has 0 aromatic heterocycles. The maximum absolute atomic E-state index is 11.7. The van der Waals surface area contributed by atoms with E-state index in [1.807, 2.05) is 6.92 Å². The van der Waals surface area contributed by atoms with Crippen LogP contribution in [-0.4, -0.2) is 28.8 Å². The number of hydrogen-bond donors (Lipinski definition) is 4. The monoisotopic (exact) mass is 306 g/mol. The third kappa shape index (κ3) is 6.30. The van der Waals surface area contributed by atoms with Crippen molar-refractivity contribution in [2.75, 3.05) is 11.9 Å². The number of urea groups is 1. The van der Waals surface area contributed by atoms with Crippen LogP contribution in [0.3, 0.4) is 0 Å². The van der Waals surface area contributed by atoms with Crippen molar-refractivity contribution in [3.63, 3.8) is 0 Å². The highest BCUT2D eigenvalue weighted by atomic mass is 16.4. The number of nitrogens with one attached hydrogen (secondary N) is 2. The van der Waals surface area contributed by atoms with Crippen LogP contribution >= 0.6 is 0 Å². The van der Waals surface area contributed by atoms with Gasteiger partial charge >= 0.3 is 12.0 Å². The number of hydrogen-bond acceptors (Lipinski definition) is 3. The smallest absolute Gasteiger partial charge is 0.330 e. The topological polar surface area (TPSA) is 98.7 Å². The highest BCUT2D eigenvalue weighted by Gasteiger charge is 2.05. The van der Waals surface area contributed by atoms with Crippen molar-refractivity contribution >= 4 is 17.7 Å². The second kappa shape index (κ2) is 8.71. The highest BCUT2D eigenvalue weighted by Crippen LogP contribution is 2.23. The molecule has 0 heterocycles. The lowest BCUT2D eigenvalue weighted by Crippen LogP contribution is -2.29. The quantitative estimate of drug-likeness (QED) is 0.353. The number of benzene rings is 1. The molecule has 6 heteroatoms. The largest absolute Gasteiger partial charge is 0.506 e. The Balaban J connectivity index is 2.25. The van der Waals surface area contributed by atoms with Crippen LogP contribution in [0.2, 0.25) is 0 Å². The predicted molar refractivity (Wildman–Crippen MR) is 85.1 cm³/mol. The van der Waals surface area contributed by atoms with Crippen molar-refractivity contribution in [3.05, 3.63) is 35.4 Å². The number of phenolic OH excluding ortho intramolecular Hbond substituents is 1. The first-order valence-corrected chi connectivity index (χ1v) is 7.14. The first kappa shape index (κ1) is 17.6. The minimum Gasteiger partial charge on any atom is -0.506 e. The molecule has 22 heavy (non-hydrogen) atoms. The van der Waals surface area contributed by atoms with Gasteiger partial charge in [0.05, 0.1) is 5.69 Å². The summed E-state index contributed by atoms with van der Waals surface area (Å²) in [5.74, 6) is -0.884. The Labute approximate surface area is 129 Å². The third-order valence-corrected chi connectivity index (χ3v) is 3.10. The number of allylic oxidation sites excluding steroid dienone is 1. The zero-order valence-electron chi connectivity index (χ0n) is 12.8. The van der Waals surface area contributed by atoms with Gasteiger partial charge in [-0.25, -0.2) is 9.59 Å². The van der Waals surface area contributed by atoms with Crippen molar-refractivity contribution in [1.29, 1.82) is 0 Å². The summed E-state index contributed by atoms with van der Waals surface area (Å²) in [7, 11) is 0. The Hall–Kier alpha value is -2.50. The van der Waals surface area contributed by atoms with E-state index in [1.165, 1.54) is 6.07 Å². The van der Waals surface area contributed by atoms with Crippen molar-refractivity contribution in [1.82, 2.24) is 5.32 Å². The van der Waals surface area contributed by atoms with Crippen molar-refractivity contribution in [3.8, 4) is 5.75 Å². The van der Waals surface area contributed by atoms with Gasteiger partial charge in [-0.05, 0) is 50.8 Å². The number of carbonyl (C=O) groups is 2. The van der Waals surface area contributed by atoms with E-state index in [-0.39, 0.29) is 11.8 Å². The summed E-state index contributed by atoms with van der Waals surface area (Å²) in [5.41, 5.74) is 1.65. The molecular weight excluding hydrogens is 284 g/mol. The number of amides is 2. The molecule has 0 aliphatic carbocycles. The number of phenols is 1. The number of aromatic hydroxyl groups is 1. The molecule has 1 aromatic rings. The van der Waals surface area contributed by atoms with E-state index in [4.69, 9.17) is 5.11 Å². The van der Waals surface area contributed by atoms with Crippen LogP contribution in [0, 0.1) is 6.92 Å². The van der Waals surface area contributed by atoms with E-state index in [1.54, 1.807) is 25.1 Å². The SMILES string of the molecule is CC(=CCCCCNC(=O)Nc1cc(C)ccc1O)C(=O)O. The van der Waals surface area contributed by atoms with E-state index >= 15 is 0 Å². The Morgan fingerprint density at radius 1 is 1.27 bits per heavy atom. The molecule has 0 atom stereocenters. The number of anilines is 1. The number of carboxylic acid groups (broad SMARTS) is 1. The van der Waals surface area contributed by atoms with Gasteiger partial charge in [0.15, 0.2) is 0 Å². The third-order valence-electron chi connectivity index (χ3n) is 3.10. The van der Waals surface area contributed by atoms with Gasteiger partial charge in [0.25, 0.3) is 0 Å². The molecule has 0 aliphatic rings. The van der Waals surface area contributed by atoms with Crippen LogP contribution in [-0.2, 0) is 4.79 Å². The predicted octanol–water partition coefficient (Wildman–Crippen LogP) is 3.02. The first-order valence-electron chi connectivity index (χ1n) is 7.14. The van der Waals surface area contributed by atoms with Gasteiger partial charge < -0.3 is 20.8 Å². The maximum atomic E-state index is 11.7. The van der Waals surface area contributed by atoms with Crippen molar-refractivity contribution in [2.24, 2.45) is 0 Å². The molecule has 1 aromatic carbocycles. The van der Waals surface area contributed by atoms with Crippen molar-refractivity contribution in [2.45, 2.75) is 33.1 Å². The van der Waals surface area contributed by atoms with Gasteiger partial charge in [0.2, 0.25) is 0 Å². The Kier molecular flexibility index (Phi) is 6.95. The molecule has 4 N–H and O–H groups in total. The van der Waals surface area contributed by atoms with E-state index < -0.39 is 5.97 Å². The van der Waals surface area contributed by atoms with Gasteiger partial charge in [0.1, 0.15) is 5.75 Å². The fraction of sp³-hybridized carbons (Fsp3) is 0.375. The zero-order valence-corrected chi connectivity index (χ0v) is 12.8. The standard InChI is InChI=1S/C16H22N2O4/c1-11-7-8-14(19)13(10-11)18-16(22)17-9-5-3-4-6-12(2)15(20)21/h6-8,10,19H,3-5,9H2,1-2H3,(H,20,21)(H2,17,18,22). The molecule has 6 nitrogen and oxygen atoms in total. The average molecular weight is 306 g/mol. The molecule has 0 saturated heterocycles. The van der Waals surface area contributed by atoms with Crippen molar-refractivity contribution < 1.29 is 19.8 Å². The van der Waals surface area contributed by atoms with Gasteiger partial charge in [-0.2, -0.15) is 0 Å². The fourth-order valence-corrected chi connectivity index (χ4v) is 1.79. The molecule has 0 bridgehead atoms. The van der Waals surface area contributed by atoms with Crippen LogP contribution in [0.4, 0.5) is 10.5 Å². The molecule has 0 radical (unpaired) electrons. The van der Waals surface area contributed by atoms with Crippen LogP contribution in [0.5, 0.6) is 5.75 Å². The summed E-state index contributed by atoms with van der Waals surface area (Å²) in [6, 6.07) is 4.60. The summed E-state index contributed by atoms with van der Waals surface area (Å²) in [6.07, 6.45) is 3.88. The number of aliphatic carboxylic acids is 1. The lowest BCUT2D eigenvalue weighted by molar-refractivity contribution is -0.132. The molecular formula is C16H22N2O4. The van der Waals surface area contributed by atoms with Gasteiger partial charge in [-0.1, -0.05) is 12.1 Å². The van der Waals surface area contributed by atoms with Gasteiger partial charge in [-0.15, -0.1) is 0 Å². The van der Waals surface area contributed by atoms with Gasteiger partial charge in [0, 0.05) is 12.1 Å². The molecule has 0 aliphatic heterocycles. The summed E-state index contributed by atoms with van der Waals surface area (Å²) in [4.78, 5) is 22.3. The Morgan fingerprint density at radius 2 is 2.00 bits per heavy atom. The summed E-state index contributed by atoms with van der Waals surface area (Å²) >= 11 is 0. The normalized spacial score (nSPS) is 11.1. The number of aryl methyl sites for hydroxylation is 1. The van der Waals surface area contributed by atoms with E-state index in [0.29, 0.717) is 24.2 Å². The Morgan fingerprint density at radius 3 is 2.68 bits per heavy atom. The molecule has 1 rings (SSSR count). The number of rotatable bonds is 7. The zero-order chi connectivity index (χ0) is 16.5. The number of unbranched alkanes of at least 4 members (excludes halogenated alkanes) is 2. The second-order valence-corrected chi connectivity index (χ2v) is 5.09. The number of carboxylic acids is 1. The molecule has 120 valence electrons. The minimum atomic E-state index is -0.907. The number of carbonyl (C=O) groups excluding carboxylic acids is 1. The van der Waals surface area contributed by atoms with Crippen LogP contribution in [0.15, 0.2) is 29.8 Å². The maximum Gasteiger partial charge on any atom is 0.330 e. The lowest BCUT2D eigenvalue weighted by atomic mass is 10.2. The Bertz CT molecular complexity index is 567. The molecule has 0 fully saturated rings. The van der Waals surface area contributed by atoms with Crippen LogP contribution in [0.1, 0.15) is 31.7 Å². The summed E-state index contributed by atoms with van der Waals surface area (Å²) in [5, 5.41) is 23.6. The summed E-state index contributed by atoms with van der Waals surface area (Å²) in [6.45, 7) is 3.91. The minimum absolute atomic E-state index is 0.0232. The van der Waals surface area contributed by atoms with Gasteiger partial charge in [-0.3, -0.25) is 0 Å². The summed E-state index contributed by atoms with van der Waals surface area (Å²) < 4.78 is 0. The first-order chi connectivity index (χ1) is 10.4. The van der Waals surface area contributed by atoms with E-state index in [0.717, 1.165) is 18.4 Å². The van der Waals surface area contributed by atoms with Crippen LogP contribution < -0.4 is 10.6 Å². The van der Waals surface area contributed by atoms with E-state index in [2.05, 4.69) is 10.6 Å². The molecule has 2 amide bonds. The second-order valence-electron chi connectivity index (χ2n) is 5.09. The van der Waals surface area contributed by atoms with E-state index in [9.17, 15) is 14.7 Å². The highest BCUT2D eigenvalue weighted by molar-refractivity contribution is 5.90. The fourth-order valence-electron chi connectivity index (χ4n) is 1.79. The average Bonchev–Trinajstić information content (AvgIpc) is 2.46. The molecule has 0 unspecified atom stereocenters. The van der Waals surface area contributed by atoms with Crippen LogP contribution in [0.25, 0.3) is 0 Å². The molecule has 0 spiro atoms.